The maximum absolute atomic E-state index is 4.99. The second kappa shape index (κ2) is 8.79. The molecule has 1 aromatic carbocycles. The molecule has 1 saturated heterocycles. The molecule has 0 spiro atoms. The van der Waals surface area contributed by atoms with E-state index in [-0.39, 0.29) is 0 Å². The van der Waals surface area contributed by atoms with Crippen LogP contribution >= 0.6 is 0 Å². The molecule has 4 heterocycles. The lowest BCUT2D eigenvalue weighted by Gasteiger charge is -2.32. The van der Waals surface area contributed by atoms with Crippen molar-refractivity contribution in [3.8, 4) is 11.1 Å². The molecule has 0 N–H and O–H groups in total. The molecule has 1 aliphatic heterocycles. The largest absolute Gasteiger partial charge is 0.324 e. The van der Waals surface area contributed by atoms with Gasteiger partial charge in [0, 0.05) is 47.8 Å². The summed E-state index contributed by atoms with van der Waals surface area (Å²) in [5.41, 5.74) is 6.70. The number of likely N-dealkylation sites (tertiary alicyclic amines) is 1. The van der Waals surface area contributed by atoms with Crippen molar-refractivity contribution in [3.63, 3.8) is 0 Å². The highest BCUT2D eigenvalue weighted by molar-refractivity contribution is 5.76. The molecule has 5 rings (SSSR count). The van der Waals surface area contributed by atoms with Crippen LogP contribution in [0.3, 0.4) is 0 Å². The summed E-state index contributed by atoms with van der Waals surface area (Å²) in [6.45, 7) is 9.52. The Morgan fingerprint density at radius 2 is 1.84 bits per heavy atom. The van der Waals surface area contributed by atoms with E-state index in [0.29, 0.717) is 12.0 Å². The smallest absolute Gasteiger partial charge is 0.124 e. The molecule has 1 fully saturated rings. The maximum Gasteiger partial charge on any atom is 0.124 e. The highest BCUT2D eigenvalue weighted by Gasteiger charge is 2.25. The number of aryl methyl sites for hydroxylation is 1. The van der Waals surface area contributed by atoms with E-state index in [1.807, 2.05) is 12.4 Å². The molecule has 3 aromatic heterocycles. The fourth-order valence-electron chi connectivity index (χ4n) is 4.94. The van der Waals surface area contributed by atoms with Gasteiger partial charge >= 0.3 is 0 Å². The van der Waals surface area contributed by atoms with Gasteiger partial charge in [-0.25, -0.2) is 15.0 Å². The fourth-order valence-corrected chi connectivity index (χ4v) is 4.94. The van der Waals surface area contributed by atoms with E-state index in [0.717, 1.165) is 54.2 Å². The van der Waals surface area contributed by atoms with Crippen molar-refractivity contribution >= 4 is 11.0 Å². The monoisotopic (exact) mass is 426 g/mol. The number of imidazole rings is 1. The highest BCUT2D eigenvalue weighted by atomic mass is 15.2. The fraction of sp³-hybridized carbons (Fsp3) is 0.385. The molecule has 6 heteroatoms. The Morgan fingerprint density at radius 3 is 2.66 bits per heavy atom. The number of piperidine rings is 1. The minimum Gasteiger partial charge on any atom is -0.324 e. The minimum atomic E-state index is 0.382. The number of hydrogen-bond acceptors (Lipinski definition) is 5. The number of aromatic nitrogens is 5. The van der Waals surface area contributed by atoms with Gasteiger partial charge in [0.1, 0.15) is 12.2 Å². The van der Waals surface area contributed by atoms with Crippen LogP contribution in [-0.4, -0.2) is 42.5 Å². The van der Waals surface area contributed by atoms with Gasteiger partial charge in [0.15, 0.2) is 0 Å². The van der Waals surface area contributed by atoms with Gasteiger partial charge < -0.3 is 4.57 Å². The summed E-state index contributed by atoms with van der Waals surface area (Å²) in [4.78, 5) is 20.8. The Balaban J connectivity index is 1.40. The predicted molar refractivity (Wildman–Crippen MR) is 127 cm³/mol. The summed E-state index contributed by atoms with van der Waals surface area (Å²) < 4.78 is 2.39. The van der Waals surface area contributed by atoms with Crippen LogP contribution < -0.4 is 0 Å². The van der Waals surface area contributed by atoms with Gasteiger partial charge in [-0.05, 0) is 70.0 Å². The summed E-state index contributed by atoms with van der Waals surface area (Å²) in [5, 5.41) is 0. The molecule has 0 radical (unpaired) electrons. The van der Waals surface area contributed by atoms with Gasteiger partial charge in [0.2, 0.25) is 0 Å². The molecular weight excluding hydrogens is 396 g/mol. The highest BCUT2D eigenvalue weighted by Crippen LogP contribution is 2.30. The molecule has 32 heavy (non-hydrogen) atoms. The van der Waals surface area contributed by atoms with Gasteiger partial charge in [-0.1, -0.05) is 12.1 Å². The number of benzene rings is 1. The average molecular weight is 427 g/mol. The van der Waals surface area contributed by atoms with Crippen molar-refractivity contribution in [2.45, 2.75) is 52.1 Å². The van der Waals surface area contributed by atoms with E-state index in [2.05, 4.69) is 76.6 Å². The standard InChI is InChI=1S/C26H30N6/c1-18(2)32-25-9-5-4-8-23(25)30-26(32)16-31-10-6-7-20(15-31)24-12-21(11-19(3)29-24)22-13-27-17-28-14-22/h4-5,8-9,11-14,17-18,20H,6-7,10,15-16H2,1-3H3. The number of fused-ring (bicyclic) bond motifs is 1. The van der Waals surface area contributed by atoms with Crippen molar-refractivity contribution < 1.29 is 0 Å². The van der Waals surface area contributed by atoms with E-state index in [1.54, 1.807) is 6.33 Å². The molecule has 0 amide bonds. The second-order valence-corrected chi connectivity index (χ2v) is 9.10. The first-order chi connectivity index (χ1) is 15.6. The van der Waals surface area contributed by atoms with Crippen LogP contribution in [0.2, 0.25) is 0 Å². The van der Waals surface area contributed by atoms with Crippen molar-refractivity contribution in [1.82, 2.24) is 29.4 Å². The minimum absolute atomic E-state index is 0.382. The van der Waals surface area contributed by atoms with Crippen LogP contribution in [0.25, 0.3) is 22.2 Å². The Kier molecular flexibility index (Phi) is 5.70. The van der Waals surface area contributed by atoms with Gasteiger partial charge in [-0.3, -0.25) is 9.88 Å². The summed E-state index contributed by atoms with van der Waals surface area (Å²) >= 11 is 0. The van der Waals surface area contributed by atoms with Crippen LogP contribution in [-0.2, 0) is 6.54 Å². The number of nitrogens with zero attached hydrogens (tertiary/aromatic N) is 6. The van der Waals surface area contributed by atoms with Gasteiger partial charge in [-0.15, -0.1) is 0 Å². The second-order valence-electron chi connectivity index (χ2n) is 9.10. The normalized spacial score (nSPS) is 17.3. The Morgan fingerprint density at radius 1 is 1.03 bits per heavy atom. The first kappa shape index (κ1) is 20.8. The number of para-hydroxylation sites is 2. The number of pyridine rings is 1. The molecule has 4 aromatic rings. The van der Waals surface area contributed by atoms with Crippen LogP contribution in [0.1, 0.15) is 55.9 Å². The third-order valence-corrected chi connectivity index (χ3v) is 6.34. The quantitative estimate of drug-likeness (QED) is 0.441. The van der Waals surface area contributed by atoms with Crippen LogP contribution in [0.15, 0.2) is 55.1 Å². The van der Waals surface area contributed by atoms with Crippen molar-refractivity contribution in [2.24, 2.45) is 0 Å². The SMILES string of the molecule is Cc1cc(-c2cncnc2)cc(C2CCCN(Cc3nc4ccccc4n3C(C)C)C2)n1. The van der Waals surface area contributed by atoms with Crippen molar-refractivity contribution in [2.75, 3.05) is 13.1 Å². The lowest BCUT2D eigenvalue weighted by molar-refractivity contribution is 0.191. The zero-order valence-corrected chi connectivity index (χ0v) is 19.1. The lowest BCUT2D eigenvalue weighted by atomic mass is 9.92. The lowest BCUT2D eigenvalue weighted by Crippen LogP contribution is -2.35. The number of rotatable bonds is 5. The first-order valence-corrected chi connectivity index (χ1v) is 11.5. The van der Waals surface area contributed by atoms with Gasteiger partial charge in [0.05, 0.1) is 17.6 Å². The van der Waals surface area contributed by atoms with Gasteiger partial charge in [-0.2, -0.15) is 0 Å². The molecule has 0 bridgehead atoms. The molecule has 0 aliphatic carbocycles. The van der Waals surface area contributed by atoms with Gasteiger partial charge in [0.25, 0.3) is 0 Å². The molecule has 1 unspecified atom stereocenters. The van der Waals surface area contributed by atoms with Crippen LogP contribution in [0, 0.1) is 6.92 Å². The first-order valence-electron chi connectivity index (χ1n) is 11.5. The van der Waals surface area contributed by atoms with Crippen molar-refractivity contribution in [3.05, 3.63) is 72.3 Å². The van der Waals surface area contributed by atoms with Crippen molar-refractivity contribution in [1.29, 1.82) is 0 Å². The molecular formula is C26H30N6. The molecule has 1 atom stereocenters. The zero-order valence-electron chi connectivity index (χ0n) is 19.1. The summed E-state index contributed by atoms with van der Waals surface area (Å²) in [5.74, 6) is 1.57. The molecule has 6 nitrogen and oxygen atoms in total. The Labute approximate surface area is 189 Å². The summed E-state index contributed by atoms with van der Waals surface area (Å²) in [7, 11) is 0. The summed E-state index contributed by atoms with van der Waals surface area (Å²) in [6, 6.07) is 13.2. The van der Waals surface area contributed by atoms with E-state index in [1.165, 1.54) is 17.6 Å². The molecule has 1 aliphatic rings. The zero-order chi connectivity index (χ0) is 22.1. The molecule has 0 saturated carbocycles. The predicted octanol–water partition coefficient (Wildman–Crippen LogP) is 5.16. The topological polar surface area (TPSA) is 59.7 Å². The van der Waals surface area contributed by atoms with E-state index >= 15 is 0 Å². The molecule has 164 valence electrons. The van der Waals surface area contributed by atoms with E-state index in [4.69, 9.17) is 9.97 Å². The maximum atomic E-state index is 4.99. The Bertz CT molecular complexity index is 1210. The van der Waals surface area contributed by atoms with E-state index in [9.17, 15) is 0 Å². The Hall–Kier alpha value is -3.12. The van der Waals surface area contributed by atoms with E-state index < -0.39 is 0 Å². The van der Waals surface area contributed by atoms with Crippen LogP contribution in [0.5, 0.6) is 0 Å². The average Bonchev–Trinajstić information content (AvgIpc) is 3.17. The third kappa shape index (κ3) is 4.15. The number of hydrogen-bond donors (Lipinski definition) is 0. The van der Waals surface area contributed by atoms with Crippen LogP contribution in [0.4, 0.5) is 0 Å². The summed E-state index contributed by atoms with van der Waals surface area (Å²) in [6.07, 6.45) is 7.65. The third-order valence-electron chi connectivity index (χ3n) is 6.34.